The van der Waals surface area contributed by atoms with Crippen molar-refractivity contribution < 1.29 is 9.84 Å². The zero-order chi connectivity index (χ0) is 22.9. The fourth-order valence-corrected chi connectivity index (χ4v) is 3.23. The first-order valence-electron chi connectivity index (χ1n) is 11.0. The first-order valence-corrected chi connectivity index (χ1v) is 11.0. The van der Waals surface area contributed by atoms with Crippen LogP contribution in [0.25, 0.3) is 22.5 Å². The van der Waals surface area contributed by atoms with Crippen molar-refractivity contribution in [3.05, 3.63) is 90.5 Å². The lowest BCUT2D eigenvalue weighted by Crippen LogP contribution is -2.00. The molecule has 33 heavy (non-hydrogen) atoms. The van der Waals surface area contributed by atoms with Gasteiger partial charge in [0.1, 0.15) is 11.5 Å². The molecule has 1 aromatic heterocycles. The standard InChI is InChI=1S/C27H26N4O2/c1-2-3-17-33-22-15-13-20(14-16-22)19-28-31-27-29-24(21-9-5-4-6-10-21)18-25(30-27)23-11-7-8-12-26(23)32/h4-16,18-19,32H,2-3,17H2,1H3,(H,29,30,31). The van der Waals surface area contributed by atoms with E-state index in [2.05, 4.69) is 27.4 Å². The molecule has 0 saturated carbocycles. The van der Waals surface area contributed by atoms with Crippen LogP contribution >= 0.6 is 0 Å². The second kappa shape index (κ2) is 10.9. The van der Waals surface area contributed by atoms with Gasteiger partial charge in [-0.2, -0.15) is 5.10 Å². The number of para-hydroxylation sites is 1. The highest BCUT2D eigenvalue weighted by Gasteiger charge is 2.11. The van der Waals surface area contributed by atoms with Crippen molar-refractivity contribution in [3.63, 3.8) is 0 Å². The Kier molecular flexibility index (Phi) is 7.28. The lowest BCUT2D eigenvalue weighted by molar-refractivity contribution is 0.309. The fourth-order valence-electron chi connectivity index (χ4n) is 3.23. The van der Waals surface area contributed by atoms with Crippen molar-refractivity contribution in [2.75, 3.05) is 12.0 Å². The van der Waals surface area contributed by atoms with Gasteiger partial charge >= 0.3 is 0 Å². The van der Waals surface area contributed by atoms with E-state index in [0.717, 1.165) is 42.0 Å². The van der Waals surface area contributed by atoms with E-state index in [0.29, 0.717) is 17.2 Å². The molecule has 1 heterocycles. The topological polar surface area (TPSA) is 79.6 Å². The Labute approximate surface area is 193 Å². The number of aromatic hydroxyl groups is 1. The number of anilines is 1. The molecule has 0 saturated heterocycles. The molecule has 0 aliphatic carbocycles. The van der Waals surface area contributed by atoms with Gasteiger partial charge in [-0.3, -0.25) is 0 Å². The third-order valence-electron chi connectivity index (χ3n) is 5.00. The highest BCUT2D eigenvalue weighted by Crippen LogP contribution is 2.30. The summed E-state index contributed by atoms with van der Waals surface area (Å²) in [6.45, 7) is 2.86. The van der Waals surface area contributed by atoms with Gasteiger partial charge in [0.05, 0.1) is 24.2 Å². The average Bonchev–Trinajstić information content (AvgIpc) is 2.86. The highest BCUT2D eigenvalue weighted by molar-refractivity contribution is 5.80. The Bertz CT molecular complexity index is 1210. The van der Waals surface area contributed by atoms with Gasteiger partial charge in [0.25, 0.3) is 0 Å². The van der Waals surface area contributed by atoms with E-state index in [9.17, 15) is 5.11 Å². The Balaban J connectivity index is 1.55. The summed E-state index contributed by atoms with van der Waals surface area (Å²) in [6, 6.07) is 26.5. The largest absolute Gasteiger partial charge is 0.507 e. The number of hydrazone groups is 1. The number of phenols is 1. The minimum Gasteiger partial charge on any atom is -0.507 e. The van der Waals surface area contributed by atoms with Crippen LogP contribution in [0.1, 0.15) is 25.3 Å². The number of nitrogens with one attached hydrogen (secondary N) is 1. The molecule has 3 aromatic carbocycles. The molecule has 6 heteroatoms. The summed E-state index contributed by atoms with van der Waals surface area (Å²) >= 11 is 0. The van der Waals surface area contributed by atoms with Crippen LogP contribution in [0.5, 0.6) is 11.5 Å². The SMILES string of the molecule is CCCCOc1ccc(C=NNc2nc(-c3ccccc3)cc(-c3ccccc3O)n2)cc1. The number of rotatable bonds is 9. The second-order valence-electron chi connectivity index (χ2n) is 7.49. The molecule has 4 aromatic rings. The van der Waals surface area contributed by atoms with Crippen molar-refractivity contribution in [1.82, 2.24) is 9.97 Å². The molecule has 2 N–H and O–H groups in total. The predicted molar refractivity (Wildman–Crippen MR) is 133 cm³/mol. The maximum absolute atomic E-state index is 10.3. The molecule has 0 spiro atoms. The van der Waals surface area contributed by atoms with Crippen LogP contribution < -0.4 is 10.2 Å². The van der Waals surface area contributed by atoms with E-state index in [1.807, 2.05) is 72.8 Å². The number of nitrogens with zero attached hydrogens (tertiary/aromatic N) is 3. The number of unbranched alkanes of at least 4 members (excludes halogenated alkanes) is 1. The molecule has 0 unspecified atom stereocenters. The third kappa shape index (κ3) is 5.95. The molecule has 0 aliphatic heterocycles. The zero-order valence-corrected chi connectivity index (χ0v) is 18.5. The van der Waals surface area contributed by atoms with Crippen LogP contribution in [0.3, 0.4) is 0 Å². The van der Waals surface area contributed by atoms with Gasteiger partial charge < -0.3 is 9.84 Å². The zero-order valence-electron chi connectivity index (χ0n) is 18.5. The predicted octanol–water partition coefficient (Wildman–Crippen LogP) is 6.14. The van der Waals surface area contributed by atoms with Crippen molar-refractivity contribution >= 4 is 12.2 Å². The second-order valence-corrected chi connectivity index (χ2v) is 7.49. The highest BCUT2D eigenvalue weighted by atomic mass is 16.5. The first kappa shape index (κ1) is 22.0. The molecule has 0 atom stereocenters. The maximum atomic E-state index is 10.3. The summed E-state index contributed by atoms with van der Waals surface area (Å²) in [7, 11) is 0. The quantitative estimate of drug-likeness (QED) is 0.186. The fraction of sp³-hybridized carbons (Fsp3) is 0.148. The van der Waals surface area contributed by atoms with Crippen LogP contribution in [-0.4, -0.2) is 27.9 Å². The van der Waals surface area contributed by atoms with Crippen LogP contribution in [0, 0.1) is 0 Å². The normalized spacial score (nSPS) is 10.9. The number of phenolic OH excluding ortho intramolecular Hbond substituents is 1. The van der Waals surface area contributed by atoms with Crippen molar-refractivity contribution in [1.29, 1.82) is 0 Å². The Morgan fingerprint density at radius 1 is 0.909 bits per heavy atom. The molecule has 0 bridgehead atoms. The van der Waals surface area contributed by atoms with E-state index in [4.69, 9.17) is 4.74 Å². The van der Waals surface area contributed by atoms with Crippen LogP contribution in [-0.2, 0) is 0 Å². The van der Waals surface area contributed by atoms with Crippen LogP contribution in [0.15, 0.2) is 90.0 Å². The molecular formula is C27H26N4O2. The van der Waals surface area contributed by atoms with Crippen LogP contribution in [0.2, 0.25) is 0 Å². The smallest absolute Gasteiger partial charge is 0.244 e. The number of benzene rings is 3. The molecule has 0 fully saturated rings. The lowest BCUT2D eigenvalue weighted by atomic mass is 10.1. The van der Waals surface area contributed by atoms with E-state index >= 15 is 0 Å². The summed E-state index contributed by atoms with van der Waals surface area (Å²) in [5.74, 6) is 1.34. The molecule has 0 amide bonds. The summed E-state index contributed by atoms with van der Waals surface area (Å²) in [4.78, 5) is 9.17. The monoisotopic (exact) mass is 438 g/mol. The van der Waals surface area contributed by atoms with Crippen molar-refractivity contribution in [2.45, 2.75) is 19.8 Å². The van der Waals surface area contributed by atoms with Gasteiger partial charge in [-0.15, -0.1) is 0 Å². The molecule has 166 valence electrons. The minimum atomic E-state index is 0.158. The van der Waals surface area contributed by atoms with E-state index in [1.165, 1.54) is 0 Å². The molecule has 6 nitrogen and oxygen atoms in total. The Hall–Kier alpha value is -4.19. The summed E-state index contributed by atoms with van der Waals surface area (Å²) in [6.07, 6.45) is 3.85. The molecule has 0 radical (unpaired) electrons. The minimum absolute atomic E-state index is 0.158. The van der Waals surface area contributed by atoms with E-state index in [-0.39, 0.29) is 5.75 Å². The summed E-state index contributed by atoms with van der Waals surface area (Å²) in [5, 5.41) is 14.6. The number of hydrogen-bond acceptors (Lipinski definition) is 6. The molecular weight excluding hydrogens is 412 g/mol. The number of ether oxygens (including phenoxy) is 1. The van der Waals surface area contributed by atoms with Gasteiger partial charge in [-0.25, -0.2) is 15.4 Å². The Morgan fingerprint density at radius 3 is 2.39 bits per heavy atom. The Morgan fingerprint density at radius 2 is 1.64 bits per heavy atom. The van der Waals surface area contributed by atoms with Crippen LogP contribution in [0.4, 0.5) is 5.95 Å². The maximum Gasteiger partial charge on any atom is 0.244 e. The van der Waals surface area contributed by atoms with Gasteiger partial charge in [-0.05, 0) is 54.4 Å². The number of aromatic nitrogens is 2. The van der Waals surface area contributed by atoms with Crippen molar-refractivity contribution in [2.24, 2.45) is 5.10 Å². The van der Waals surface area contributed by atoms with Gasteiger partial charge in [0, 0.05) is 11.1 Å². The third-order valence-corrected chi connectivity index (χ3v) is 5.00. The van der Waals surface area contributed by atoms with Gasteiger partial charge in [0.2, 0.25) is 5.95 Å². The van der Waals surface area contributed by atoms with Gasteiger partial charge in [0.15, 0.2) is 0 Å². The number of hydrogen-bond donors (Lipinski definition) is 2. The van der Waals surface area contributed by atoms with Crippen molar-refractivity contribution in [3.8, 4) is 34.0 Å². The summed E-state index contributed by atoms with van der Waals surface area (Å²) < 4.78 is 5.69. The first-order chi connectivity index (χ1) is 16.2. The van der Waals surface area contributed by atoms with Gasteiger partial charge in [-0.1, -0.05) is 55.8 Å². The summed E-state index contributed by atoms with van der Waals surface area (Å²) in [5.41, 5.74) is 6.76. The molecule has 0 aliphatic rings. The van der Waals surface area contributed by atoms with E-state index < -0.39 is 0 Å². The lowest BCUT2D eigenvalue weighted by Gasteiger charge is -2.09. The average molecular weight is 439 g/mol. The molecule has 4 rings (SSSR count). The van der Waals surface area contributed by atoms with E-state index in [1.54, 1.807) is 18.3 Å².